The zero-order valence-corrected chi connectivity index (χ0v) is 14.6. The Bertz CT molecular complexity index is 1050. The SMILES string of the molecule is COC(=O)c1ccc(-c2ccc(-n3cc(C#N)c(N)c3C(=O)OC)cc2)o1. The molecule has 0 aliphatic rings. The highest BCUT2D eigenvalue weighted by Crippen LogP contribution is 2.27. The van der Waals surface area contributed by atoms with Crippen LogP contribution in [0.1, 0.15) is 26.6 Å². The van der Waals surface area contributed by atoms with E-state index in [9.17, 15) is 14.9 Å². The van der Waals surface area contributed by atoms with Crippen molar-refractivity contribution >= 4 is 17.6 Å². The van der Waals surface area contributed by atoms with E-state index in [0.29, 0.717) is 17.0 Å². The van der Waals surface area contributed by atoms with Gasteiger partial charge in [0.2, 0.25) is 5.76 Å². The van der Waals surface area contributed by atoms with Crippen molar-refractivity contribution in [1.29, 1.82) is 5.26 Å². The van der Waals surface area contributed by atoms with E-state index >= 15 is 0 Å². The van der Waals surface area contributed by atoms with E-state index in [4.69, 9.17) is 14.9 Å². The average Bonchev–Trinajstić information content (AvgIpc) is 3.32. The van der Waals surface area contributed by atoms with E-state index in [1.54, 1.807) is 30.3 Å². The van der Waals surface area contributed by atoms with Crippen LogP contribution in [0.5, 0.6) is 0 Å². The average molecular weight is 365 g/mol. The van der Waals surface area contributed by atoms with Crippen LogP contribution in [0, 0.1) is 11.3 Å². The van der Waals surface area contributed by atoms with Crippen LogP contribution in [-0.4, -0.2) is 30.7 Å². The summed E-state index contributed by atoms with van der Waals surface area (Å²) >= 11 is 0. The molecule has 27 heavy (non-hydrogen) atoms. The van der Waals surface area contributed by atoms with Gasteiger partial charge in [-0.05, 0) is 36.4 Å². The summed E-state index contributed by atoms with van der Waals surface area (Å²) in [4.78, 5) is 23.5. The molecule has 0 saturated heterocycles. The molecule has 2 aromatic heterocycles. The first-order valence-electron chi connectivity index (χ1n) is 7.78. The number of nitrogen functional groups attached to an aromatic ring is 1. The Morgan fingerprint density at radius 3 is 2.33 bits per heavy atom. The number of ether oxygens (including phenoxy) is 2. The van der Waals surface area contributed by atoms with E-state index in [1.807, 2.05) is 6.07 Å². The molecule has 0 spiro atoms. The van der Waals surface area contributed by atoms with Gasteiger partial charge < -0.3 is 24.2 Å². The van der Waals surface area contributed by atoms with Crippen LogP contribution in [0.4, 0.5) is 5.69 Å². The Balaban J connectivity index is 1.99. The Morgan fingerprint density at radius 2 is 1.74 bits per heavy atom. The molecule has 0 bridgehead atoms. The minimum absolute atomic E-state index is 0.0576. The molecule has 2 N–H and O–H groups in total. The lowest BCUT2D eigenvalue weighted by Gasteiger charge is -2.09. The number of anilines is 1. The molecule has 2 heterocycles. The second-order valence-corrected chi connectivity index (χ2v) is 5.48. The fourth-order valence-electron chi connectivity index (χ4n) is 2.61. The Labute approximate surface area is 154 Å². The fraction of sp³-hybridized carbons (Fsp3) is 0.105. The third-order valence-corrected chi connectivity index (χ3v) is 3.97. The maximum Gasteiger partial charge on any atom is 0.373 e. The molecule has 3 rings (SSSR count). The molecule has 0 unspecified atom stereocenters. The number of carbonyl (C=O) groups excluding carboxylic acids is 2. The van der Waals surface area contributed by atoms with E-state index in [-0.39, 0.29) is 22.7 Å². The second kappa shape index (κ2) is 7.09. The molecule has 0 fully saturated rings. The number of hydrogen-bond donors (Lipinski definition) is 1. The van der Waals surface area contributed by atoms with Crippen LogP contribution in [0.15, 0.2) is 47.0 Å². The first-order chi connectivity index (χ1) is 13.0. The molecule has 136 valence electrons. The molecule has 0 aliphatic heterocycles. The lowest BCUT2D eigenvalue weighted by atomic mass is 10.1. The number of furan rings is 1. The number of nitriles is 1. The van der Waals surface area contributed by atoms with Crippen molar-refractivity contribution in [3.63, 3.8) is 0 Å². The number of nitrogens with two attached hydrogens (primary N) is 1. The van der Waals surface area contributed by atoms with Gasteiger partial charge in [-0.15, -0.1) is 0 Å². The van der Waals surface area contributed by atoms with Crippen molar-refractivity contribution in [1.82, 2.24) is 4.57 Å². The van der Waals surface area contributed by atoms with Gasteiger partial charge in [-0.2, -0.15) is 5.26 Å². The summed E-state index contributed by atoms with van der Waals surface area (Å²) in [5, 5.41) is 9.17. The normalized spacial score (nSPS) is 10.3. The molecule has 0 aliphatic carbocycles. The Morgan fingerprint density at radius 1 is 1.07 bits per heavy atom. The number of carbonyl (C=O) groups is 2. The smallest absolute Gasteiger partial charge is 0.373 e. The second-order valence-electron chi connectivity index (χ2n) is 5.48. The summed E-state index contributed by atoms with van der Waals surface area (Å²) in [5.41, 5.74) is 7.52. The molecular formula is C19H15N3O5. The van der Waals surface area contributed by atoms with Crippen molar-refractivity contribution in [3.8, 4) is 23.1 Å². The van der Waals surface area contributed by atoms with E-state index in [0.717, 1.165) is 0 Å². The first-order valence-corrected chi connectivity index (χ1v) is 7.78. The summed E-state index contributed by atoms with van der Waals surface area (Å²) in [7, 11) is 2.51. The van der Waals surface area contributed by atoms with Gasteiger partial charge in [0.25, 0.3) is 0 Å². The summed E-state index contributed by atoms with van der Waals surface area (Å²) in [6, 6.07) is 12.1. The number of aromatic nitrogens is 1. The van der Waals surface area contributed by atoms with E-state index in [1.165, 1.54) is 31.0 Å². The molecule has 0 saturated carbocycles. The standard InChI is InChI=1S/C19H15N3O5/c1-25-18(23)15-8-7-14(27-15)11-3-5-13(6-4-11)22-10-12(9-20)16(21)17(22)19(24)26-2/h3-8,10H,21H2,1-2H3. The van der Waals surface area contributed by atoms with Crippen molar-refractivity contribution in [2.45, 2.75) is 0 Å². The predicted molar refractivity (Wildman–Crippen MR) is 95.3 cm³/mol. The van der Waals surface area contributed by atoms with Crippen molar-refractivity contribution in [3.05, 3.63) is 59.6 Å². The number of methoxy groups -OCH3 is 2. The van der Waals surface area contributed by atoms with Gasteiger partial charge in [0.15, 0.2) is 5.69 Å². The van der Waals surface area contributed by atoms with Crippen LogP contribution in [0.2, 0.25) is 0 Å². The van der Waals surface area contributed by atoms with Gasteiger partial charge in [-0.1, -0.05) is 0 Å². The number of rotatable bonds is 4. The van der Waals surface area contributed by atoms with Crippen LogP contribution in [0.25, 0.3) is 17.0 Å². The largest absolute Gasteiger partial charge is 0.464 e. The maximum atomic E-state index is 12.0. The number of hydrogen-bond acceptors (Lipinski definition) is 7. The van der Waals surface area contributed by atoms with Gasteiger partial charge in [0, 0.05) is 17.4 Å². The third kappa shape index (κ3) is 3.14. The van der Waals surface area contributed by atoms with Gasteiger partial charge in [-0.25, -0.2) is 9.59 Å². The fourth-order valence-corrected chi connectivity index (χ4v) is 2.61. The minimum Gasteiger partial charge on any atom is -0.464 e. The van der Waals surface area contributed by atoms with Crippen LogP contribution in [0.3, 0.4) is 0 Å². The van der Waals surface area contributed by atoms with E-state index in [2.05, 4.69) is 4.74 Å². The van der Waals surface area contributed by atoms with Crippen molar-refractivity contribution in [2.24, 2.45) is 0 Å². The quantitative estimate of drug-likeness (QED) is 0.706. The van der Waals surface area contributed by atoms with Gasteiger partial charge in [-0.3, -0.25) is 0 Å². The highest BCUT2D eigenvalue weighted by atomic mass is 16.5. The molecule has 0 radical (unpaired) electrons. The summed E-state index contributed by atoms with van der Waals surface area (Å²) in [5.74, 6) is -0.624. The first kappa shape index (κ1) is 17.8. The van der Waals surface area contributed by atoms with E-state index < -0.39 is 11.9 Å². The monoisotopic (exact) mass is 365 g/mol. The van der Waals surface area contributed by atoms with Crippen LogP contribution in [-0.2, 0) is 9.47 Å². The lowest BCUT2D eigenvalue weighted by Crippen LogP contribution is -2.11. The summed E-state index contributed by atoms with van der Waals surface area (Å²) in [6.45, 7) is 0. The zero-order chi connectivity index (χ0) is 19.6. The molecule has 8 heteroatoms. The molecule has 0 atom stereocenters. The predicted octanol–water partition coefficient (Wildman–Crippen LogP) is 2.76. The number of nitrogens with zero attached hydrogens (tertiary/aromatic N) is 2. The molecule has 1 aromatic carbocycles. The Hall–Kier alpha value is -3.99. The summed E-state index contributed by atoms with van der Waals surface area (Å²) in [6.07, 6.45) is 1.47. The molecule has 8 nitrogen and oxygen atoms in total. The highest BCUT2D eigenvalue weighted by molar-refractivity contribution is 5.96. The van der Waals surface area contributed by atoms with Crippen LogP contribution < -0.4 is 5.73 Å². The van der Waals surface area contributed by atoms with Gasteiger partial charge in [0.1, 0.15) is 11.8 Å². The minimum atomic E-state index is -0.646. The molecule has 3 aromatic rings. The third-order valence-electron chi connectivity index (χ3n) is 3.97. The van der Waals surface area contributed by atoms with Gasteiger partial charge >= 0.3 is 11.9 Å². The van der Waals surface area contributed by atoms with Gasteiger partial charge in [0.05, 0.1) is 25.5 Å². The highest BCUT2D eigenvalue weighted by Gasteiger charge is 2.21. The van der Waals surface area contributed by atoms with Crippen molar-refractivity contribution in [2.75, 3.05) is 20.0 Å². The van der Waals surface area contributed by atoms with Crippen molar-refractivity contribution < 1.29 is 23.5 Å². The topological polar surface area (TPSA) is 120 Å². The lowest BCUT2D eigenvalue weighted by molar-refractivity contribution is 0.0563. The Kier molecular flexibility index (Phi) is 4.68. The maximum absolute atomic E-state index is 12.0. The number of benzene rings is 1. The summed E-state index contributed by atoms with van der Waals surface area (Å²) < 4.78 is 16.3. The molecule has 0 amide bonds. The number of esters is 2. The zero-order valence-electron chi connectivity index (χ0n) is 14.6. The molecular weight excluding hydrogens is 350 g/mol. The van der Waals surface area contributed by atoms with Crippen LogP contribution >= 0.6 is 0 Å².